The second-order valence-corrected chi connectivity index (χ2v) is 12.3. The van der Waals surface area contributed by atoms with Crippen molar-refractivity contribution in [2.24, 2.45) is 11.8 Å². The summed E-state index contributed by atoms with van der Waals surface area (Å²) in [4.78, 5) is 32.5. The van der Waals surface area contributed by atoms with Crippen molar-refractivity contribution in [2.75, 3.05) is 29.9 Å². The Morgan fingerprint density at radius 3 is 2.30 bits per heavy atom. The summed E-state index contributed by atoms with van der Waals surface area (Å²) < 4.78 is 0. The van der Waals surface area contributed by atoms with Gasteiger partial charge in [-0.05, 0) is 79.7 Å². The van der Waals surface area contributed by atoms with Crippen LogP contribution in [0.25, 0.3) is 0 Å². The van der Waals surface area contributed by atoms with Crippen molar-refractivity contribution in [3.8, 4) is 0 Å². The van der Waals surface area contributed by atoms with Crippen LogP contribution < -0.4 is 10.2 Å². The number of hydrogen-bond donors (Lipinski definition) is 1. The number of piperidine rings is 1. The fourth-order valence-corrected chi connectivity index (χ4v) is 6.77. The molecule has 2 aromatic carbocycles. The van der Waals surface area contributed by atoms with Crippen LogP contribution in [0, 0.1) is 11.8 Å². The third kappa shape index (κ3) is 5.56. The lowest BCUT2D eigenvalue weighted by atomic mass is 9.79. The van der Waals surface area contributed by atoms with Crippen molar-refractivity contribution >= 4 is 23.2 Å². The number of carbonyl (C=O) groups is 2. The van der Waals surface area contributed by atoms with Gasteiger partial charge in [-0.1, -0.05) is 57.9 Å². The highest BCUT2D eigenvalue weighted by Crippen LogP contribution is 2.40. The van der Waals surface area contributed by atoms with Gasteiger partial charge in [-0.2, -0.15) is 0 Å². The molecule has 5 nitrogen and oxygen atoms in total. The number of para-hydroxylation sites is 1. The molecule has 2 amide bonds. The normalized spacial score (nSPS) is 22.9. The Morgan fingerprint density at radius 2 is 1.57 bits per heavy atom. The van der Waals surface area contributed by atoms with E-state index in [1.165, 1.54) is 31.2 Å². The van der Waals surface area contributed by atoms with Crippen molar-refractivity contribution in [3.05, 3.63) is 59.7 Å². The maximum atomic E-state index is 14.2. The van der Waals surface area contributed by atoms with E-state index in [1.807, 2.05) is 30.3 Å². The summed E-state index contributed by atoms with van der Waals surface area (Å²) in [6.45, 7) is 9.32. The lowest BCUT2D eigenvalue weighted by molar-refractivity contribution is -0.124. The first-order valence-electron chi connectivity index (χ1n) is 14.4. The van der Waals surface area contributed by atoms with E-state index in [-0.39, 0.29) is 29.2 Å². The van der Waals surface area contributed by atoms with E-state index in [0.29, 0.717) is 5.92 Å². The van der Waals surface area contributed by atoms with Gasteiger partial charge in [0.25, 0.3) is 5.91 Å². The average molecular weight is 502 g/mol. The smallest absolute Gasteiger partial charge is 0.256 e. The molecule has 0 radical (unpaired) electrons. The maximum Gasteiger partial charge on any atom is 0.256 e. The van der Waals surface area contributed by atoms with Crippen molar-refractivity contribution in [1.29, 1.82) is 0 Å². The van der Waals surface area contributed by atoms with Gasteiger partial charge in [0.1, 0.15) is 0 Å². The van der Waals surface area contributed by atoms with Gasteiger partial charge in [0, 0.05) is 37.1 Å². The quantitative estimate of drug-likeness (QED) is 0.500. The summed E-state index contributed by atoms with van der Waals surface area (Å²) in [5.41, 5.74) is 3.93. The number of likely N-dealkylation sites (tertiary alicyclic amines) is 1. The molecule has 37 heavy (non-hydrogen) atoms. The molecule has 0 bridgehead atoms. The summed E-state index contributed by atoms with van der Waals surface area (Å²) in [5, 5.41) is 3.25. The van der Waals surface area contributed by atoms with Crippen LogP contribution in [0.1, 0.15) is 88.1 Å². The van der Waals surface area contributed by atoms with E-state index >= 15 is 0 Å². The Balaban J connectivity index is 1.42. The monoisotopic (exact) mass is 501 g/mol. The van der Waals surface area contributed by atoms with Crippen molar-refractivity contribution < 1.29 is 9.59 Å². The Bertz CT molecular complexity index is 1110. The number of benzene rings is 2. The third-order valence-corrected chi connectivity index (χ3v) is 8.74. The summed E-state index contributed by atoms with van der Waals surface area (Å²) in [6, 6.07) is 16.3. The Hall–Kier alpha value is -2.82. The highest BCUT2D eigenvalue weighted by molar-refractivity contribution is 6.01. The molecular weight excluding hydrogens is 458 g/mol. The van der Waals surface area contributed by atoms with Crippen LogP contribution in [0.15, 0.2) is 48.5 Å². The van der Waals surface area contributed by atoms with Crippen molar-refractivity contribution in [1.82, 2.24) is 4.90 Å². The molecule has 3 fully saturated rings. The SMILES string of the molecule is CC(C)(C)c1cccc(NC(=O)[C@H]2CCCN(C(=O)c3ccccc3N3CCCC3)C2C2CCCC2)c1. The zero-order valence-corrected chi connectivity index (χ0v) is 22.8. The van der Waals surface area contributed by atoms with Crippen molar-refractivity contribution in [3.63, 3.8) is 0 Å². The fraction of sp³-hybridized carbons (Fsp3) is 0.562. The number of nitrogens with zero attached hydrogens (tertiary/aromatic N) is 2. The lowest BCUT2D eigenvalue weighted by Crippen LogP contribution is -2.54. The molecular formula is C32H43N3O2. The van der Waals surface area contributed by atoms with Crippen molar-refractivity contribution in [2.45, 2.75) is 83.6 Å². The molecule has 1 saturated carbocycles. The third-order valence-electron chi connectivity index (χ3n) is 8.74. The minimum absolute atomic E-state index is 0.0178. The van der Waals surface area contributed by atoms with Gasteiger partial charge in [0.15, 0.2) is 0 Å². The Labute approximate surface area is 222 Å². The molecule has 3 aliphatic rings. The standard InChI is InChI=1S/C32H43N3O2/c1-32(2,3)24-14-10-15-25(22-24)33-30(36)27-17-11-21-35(29(27)23-12-4-5-13-23)31(37)26-16-6-7-18-28(26)34-19-8-9-20-34/h6-7,10,14-16,18,22-23,27,29H,4-5,8-9,11-13,17,19-21H2,1-3H3,(H,33,36)/t27-,29?/m0/s1. The van der Waals surface area contributed by atoms with E-state index in [2.05, 4.69) is 54.1 Å². The second kappa shape index (κ2) is 10.9. The number of carbonyl (C=O) groups excluding carboxylic acids is 2. The van der Waals surface area contributed by atoms with Crippen LogP contribution in [0.4, 0.5) is 11.4 Å². The average Bonchev–Trinajstić information content (AvgIpc) is 3.62. The first-order chi connectivity index (χ1) is 17.8. The van der Waals surface area contributed by atoms with E-state index in [9.17, 15) is 9.59 Å². The molecule has 2 heterocycles. The Morgan fingerprint density at radius 1 is 0.838 bits per heavy atom. The number of hydrogen-bond acceptors (Lipinski definition) is 3. The lowest BCUT2D eigenvalue weighted by Gasteiger charge is -2.44. The van der Waals surface area contributed by atoms with Crippen LogP contribution in [0.2, 0.25) is 0 Å². The summed E-state index contributed by atoms with van der Waals surface area (Å²) in [5.74, 6) is 0.373. The molecule has 2 atom stereocenters. The topological polar surface area (TPSA) is 52.7 Å². The molecule has 2 aromatic rings. The first-order valence-corrected chi connectivity index (χ1v) is 14.4. The predicted molar refractivity (Wildman–Crippen MR) is 151 cm³/mol. The van der Waals surface area contributed by atoms with Gasteiger partial charge < -0.3 is 15.1 Å². The van der Waals surface area contributed by atoms with E-state index in [0.717, 1.165) is 62.3 Å². The number of nitrogens with one attached hydrogen (secondary N) is 1. The van der Waals surface area contributed by atoms with Gasteiger partial charge in [-0.15, -0.1) is 0 Å². The molecule has 5 rings (SSSR count). The molecule has 2 saturated heterocycles. The fourth-order valence-electron chi connectivity index (χ4n) is 6.77. The summed E-state index contributed by atoms with van der Waals surface area (Å²) >= 11 is 0. The van der Waals surface area contributed by atoms with Crippen LogP contribution in [0.3, 0.4) is 0 Å². The first kappa shape index (κ1) is 25.8. The molecule has 2 aliphatic heterocycles. The van der Waals surface area contributed by atoms with Gasteiger partial charge in [-0.25, -0.2) is 0 Å². The minimum atomic E-state index is -0.182. The molecule has 0 aromatic heterocycles. The second-order valence-electron chi connectivity index (χ2n) is 12.3. The zero-order valence-electron chi connectivity index (χ0n) is 22.8. The molecule has 198 valence electrons. The van der Waals surface area contributed by atoms with Crippen LogP contribution >= 0.6 is 0 Å². The Kier molecular flexibility index (Phi) is 7.60. The largest absolute Gasteiger partial charge is 0.371 e. The number of amides is 2. The highest BCUT2D eigenvalue weighted by Gasteiger charge is 2.44. The van der Waals surface area contributed by atoms with E-state index in [1.54, 1.807) is 0 Å². The summed E-state index contributed by atoms with van der Waals surface area (Å²) in [7, 11) is 0. The molecule has 5 heteroatoms. The zero-order chi connectivity index (χ0) is 26.0. The van der Waals surface area contributed by atoms with E-state index in [4.69, 9.17) is 0 Å². The summed E-state index contributed by atoms with van der Waals surface area (Å²) in [6.07, 6.45) is 8.64. The number of rotatable bonds is 5. The van der Waals surface area contributed by atoms with Gasteiger partial charge in [-0.3, -0.25) is 9.59 Å². The minimum Gasteiger partial charge on any atom is -0.371 e. The van der Waals surface area contributed by atoms with E-state index < -0.39 is 0 Å². The number of anilines is 2. The molecule has 1 aliphatic carbocycles. The van der Waals surface area contributed by atoms with Crippen LogP contribution in [-0.4, -0.2) is 42.4 Å². The molecule has 0 spiro atoms. The highest BCUT2D eigenvalue weighted by atomic mass is 16.2. The van der Waals surface area contributed by atoms with Gasteiger partial charge >= 0.3 is 0 Å². The van der Waals surface area contributed by atoms with Crippen LogP contribution in [0.5, 0.6) is 0 Å². The van der Waals surface area contributed by atoms with Crippen LogP contribution in [-0.2, 0) is 10.2 Å². The molecule has 1 unspecified atom stereocenters. The predicted octanol–water partition coefficient (Wildman–Crippen LogP) is 6.63. The maximum absolute atomic E-state index is 14.2. The van der Waals surface area contributed by atoms with Gasteiger partial charge in [0.05, 0.1) is 11.5 Å². The molecule has 1 N–H and O–H groups in total. The van der Waals surface area contributed by atoms with Gasteiger partial charge in [0.2, 0.25) is 5.91 Å².